The van der Waals surface area contributed by atoms with Crippen LogP contribution in [0.1, 0.15) is 31.9 Å². The highest BCUT2D eigenvalue weighted by atomic mass is 16.6. The van der Waals surface area contributed by atoms with E-state index in [1.807, 2.05) is 31.2 Å². The van der Waals surface area contributed by atoms with E-state index in [1.54, 1.807) is 30.6 Å². The summed E-state index contributed by atoms with van der Waals surface area (Å²) in [7, 11) is 0. The standard InChI is InChI=1S/C20H29N3O4/c1-15-7-5-6-8-16(15)13-17(24)22-9-11-23(12-10-22)18(25)14-21-19(26)27-20(2,3)4/h5-8H,9-14H2,1-4H3,(H,21,26). The van der Waals surface area contributed by atoms with E-state index >= 15 is 0 Å². The molecule has 0 atom stereocenters. The number of amides is 3. The second kappa shape index (κ2) is 8.88. The zero-order valence-electron chi connectivity index (χ0n) is 16.6. The van der Waals surface area contributed by atoms with Crippen molar-refractivity contribution in [3.63, 3.8) is 0 Å². The van der Waals surface area contributed by atoms with Gasteiger partial charge in [0.05, 0.1) is 6.42 Å². The van der Waals surface area contributed by atoms with Crippen molar-refractivity contribution in [2.24, 2.45) is 0 Å². The van der Waals surface area contributed by atoms with E-state index in [2.05, 4.69) is 5.32 Å². The number of ether oxygens (including phenoxy) is 1. The van der Waals surface area contributed by atoms with Crippen LogP contribution in [0.4, 0.5) is 4.79 Å². The molecule has 0 unspecified atom stereocenters. The SMILES string of the molecule is Cc1ccccc1CC(=O)N1CCN(C(=O)CNC(=O)OC(C)(C)C)CC1. The molecule has 0 bridgehead atoms. The van der Waals surface area contributed by atoms with Gasteiger partial charge in [0.15, 0.2) is 0 Å². The van der Waals surface area contributed by atoms with Gasteiger partial charge in [0.1, 0.15) is 12.1 Å². The molecule has 0 saturated carbocycles. The largest absolute Gasteiger partial charge is 0.444 e. The molecular weight excluding hydrogens is 346 g/mol. The Labute approximate surface area is 160 Å². The minimum atomic E-state index is -0.608. The molecule has 7 nitrogen and oxygen atoms in total. The molecule has 1 aliphatic heterocycles. The Balaban J connectivity index is 1.76. The molecule has 0 spiro atoms. The van der Waals surface area contributed by atoms with Crippen LogP contribution >= 0.6 is 0 Å². The van der Waals surface area contributed by atoms with Crippen molar-refractivity contribution in [1.82, 2.24) is 15.1 Å². The van der Waals surface area contributed by atoms with Gasteiger partial charge in [-0.15, -0.1) is 0 Å². The van der Waals surface area contributed by atoms with Crippen molar-refractivity contribution < 1.29 is 19.1 Å². The summed E-state index contributed by atoms with van der Waals surface area (Å²) in [6.45, 7) is 9.13. The molecule has 1 aromatic rings. The summed E-state index contributed by atoms with van der Waals surface area (Å²) in [6.07, 6.45) is -0.233. The fraction of sp³-hybridized carbons (Fsp3) is 0.550. The van der Waals surface area contributed by atoms with Gasteiger partial charge in [0, 0.05) is 26.2 Å². The van der Waals surface area contributed by atoms with Gasteiger partial charge in [-0.3, -0.25) is 9.59 Å². The Morgan fingerprint density at radius 2 is 1.56 bits per heavy atom. The molecule has 1 saturated heterocycles. The molecule has 7 heteroatoms. The first kappa shape index (κ1) is 20.7. The van der Waals surface area contributed by atoms with Crippen LogP contribution in [0.5, 0.6) is 0 Å². The van der Waals surface area contributed by atoms with E-state index in [4.69, 9.17) is 4.74 Å². The van der Waals surface area contributed by atoms with Gasteiger partial charge in [-0.1, -0.05) is 24.3 Å². The summed E-state index contributed by atoms with van der Waals surface area (Å²) in [5, 5.41) is 2.48. The molecule has 148 valence electrons. The highest BCUT2D eigenvalue weighted by molar-refractivity contribution is 5.83. The molecule has 1 aromatic carbocycles. The lowest BCUT2D eigenvalue weighted by molar-refractivity contribution is -0.138. The van der Waals surface area contributed by atoms with Crippen molar-refractivity contribution in [3.05, 3.63) is 35.4 Å². The fourth-order valence-electron chi connectivity index (χ4n) is 2.86. The number of hydrogen-bond donors (Lipinski definition) is 1. The maximum atomic E-state index is 12.5. The third-order valence-corrected chi connectivity index (χ3v) is 4.37. The minimum absolute atomic E-state index is 0.0725. The highest BCUT2D eigenvalue weighted by Gasteiger charge is 2.25. The Hall–Kier alpha value is -2.57. The normalized spacial score (nSPS) is 14.7. The second-order valence-corrected chi connectivity index (χ2v) is 7.72. The van der Waals surface area contributed by atoms with Crippen LogP contribution in [-0.2, 0) is 20.7 Å². The van der Waals surface area contributed by atoms with E-state index in [1.165, 1.54) is 0 Å². The summed E-state index contributed by atoms with van der Waals surface area (Å²) in [6, 6.07) is 7.86. The number of benzene rings is 1. The van der Waals surface area contributed by atoms with Gasteiger partial charge in [-0.25, -0.2) is 4.79 Å². The van der Waals surface area contributed by atoms with E-state index in [0.717, 1.165) is 11.1 Å². The molecule has 0 radical (unpaired) electrons. The minimum Gasteiger partial charge on any atom is -0.444 e. The summed E-state index contributed by atoms with van der Waals surface area (Å²) in [5.41, 5.74) is 1.53. The van der Waals surface area contributed by atoms with Crippen LogP contribution in [-0.4, -0.2) is 66.0 Å². The van der Waals surface area contributed by atoms with Gasteiger partial charge in [-0.05, 0) is 38.8 Å². The van der Waals surface area contributed by atoms with Crippen LogP contribution in [0.25, 0.3) is 0 Å². The molecular formula is C20H29N3O4. The summed E-state index contributed by atoms with van der Waals surface area (Å²) < 4.78 is 5.12. The number of nitrogens with zero attached hydrogens (tertiary/aromatic N) is 2. The molecule has 3 amide bonds. The first-order valence-electron chi connectivity index (χ1n) is 9.22. The number of aryl methyl sites for hydroxylation is 1. The van der Waals surface area contributed by atoms with Crippen LogP contribution in [0.2, 0.25) is 0 Å². The topological polar surface area (TPSA) is 79.0 Å². The lowest BCUT2D eigenvalue weighted by atomic mass is 10.1. The van der Waals surface area contributed by atoms with Crippen molar-refractivity contribution in [3.8, 4) is 0 Å². The van der Waals surface area contributed by atoms with Crippen LogP contribution in [0.15, 0.2) is 24.3 Å². The Morgan fingerprint density at radius 1 is 1.00 bits per heavy atom. The van der Waals surface area contributed by atoms with E-state index in [-0.39, 0.29) is 18.4 Å². The zero-order chi connectivity index (χ0) is 20.0. The van der Waals surface area contributed by atoms with Crippen LogP contribution < -0.4 is 5.32 Å². The number of carbonyl (C=O) groups excluding carboxylic acids is 3. The van der Waals surface area contributed by atoms with Crippen molar-refractivity contribution >= 4 is 17.9 Å². The lowest BCUT2D eigenvalue weighted by Gasteiger charge is -2.35. The fourth-order valence-corrected chi connectivity index (χ4v) is 2.86. The van der Waals surface area contributed by atoms with E-state index in [9.17, 15) is 14.4 Å². The number of carbonyl (C=O) groups is 3. The van der Waals surface area contributed by atoms with E-state index in [0.29, 0.717) is 32.6 Å². The van der Waals surface area contributed by atoms with Gasteiger partial charge in [0.2, 0.25) is 11.8 Å². The monoisotopic (exact) mass is 375 g/mol. The average Bonchev–Trinajstić information content (AvgIpc) is 2.60. The Kier molecular flexibility index (Phi) is 6.82. The van der Waals surface area contributed by atoms with Gasteiger partial charge >= 0.3 is 6.09 Å². The van der Waals surface area contributed by atoms with E-state index < -0.39 is 11.7 Å². The molecule has 1 heterocycles. The summed E-state index contributed by atoms with van der Waals surface area (Å²) >= 11 is 0. The van der Waals surface area contributed by atoms with Crippen molar-refractivity contribution in [2.75, 3.05) is 32.7 Å². The molecule has 0 aromatic heterocycles. The second-order valence-electron chi connectivity index (χ2n) is 7.72. The first-order valence-corrected chi connectivity index (χ1v) is 9.22. The predicted molar refractivity (Wildman–Crippen MR) is 102 cm³/mol. The summed E-state index contributed by atoms with van der Waals surface area (Å²) in [5.74, 6) is -0.102. The Bertz CT molecular complexity index is 689. The van der Waals surface area contributed by atoms with Crippen molar-refractivity contribution in [2.45, 2.75) is 39.7 Å². The smallest absolute Gasteiger partial charge is 0.408 e. The summed E-state index contributed by atoms with van der Waals surface area (Å²) in [4.78, 5) is 39.8. The third kappa shape index (κ3) is 6.58. The predicted octanol–water partition coefficient (Wildman–Crippen LogP) is 1.73. The average molecular weight is 375 g/mol. The van der Waals surface area contributed by atoms with Crippen molar-refractivity contribution in [1.29, 1.82) is 0 Å². The number of alkyl carbamates (subject to hydrolysis) is 1. The molecule has 27 heavy (non-hydrogen) atoms. The van der Waals surface area contributed by atoms with Crippen LogP contribution in [0, 0.1) is 6.92 Å². The Morgan fingerprint density at radius 3 is 2.11 bits per heavy atom. The zero-order valence-corrected chi connectivity index (χ0v) is 16.6. The highest BCUT2D eigenvalue weighted by Crippen LogP contribution is 2.11. The number of rotatable bonds is 4. The molecule has 0 aliphatic carbocycles. The first-order chi connectivity index (χ1) is 12.7. The maximum absolute atomic E-state index is 12.5. The van der Waals surface area contributed by atoms with Gasteiger partial charge < -0.3 is 19.9 Å². The lowest BCUT2D eigenvalue weighted by Crippen LogP contribution is -2.53. The quantitative estimate of drug-likeness (QED) is 0.869. The van der Waals surface area contributed by atoms with Crippen LogP contribution in [0.3, 0.4) is 0 Å². The number of piperazine rings is 1. The third-order valence-electron chi connectivity index (χ3n) is 4.37. The maximum Gasteiger partial charge on any atom is 0.408 e. The molecule has 1 aliphatic rings. The number of hydrogen-bond acceptors (Lipinski definition) is 4. The van der Waals surface area contributed by atoms with Gasteiger partial charge in [0.25, 0.3) is 0 Å². The molecule has 2 rings (SSSR count). The molecule has 1 N–H and O–H groups in total. The number of nitrogens with one attached hydrogen (secondary N) is 1. The molecule has 1 fully saturated rings. The van der Waals surface area contributed by atoms with Gasteiger partial charge in [-0.2, -0.15) is 0 Å².